The number of rotatable bonds is 6. The van der Waals surface area contributed by atoms with Gasteiger partial charge in [-0.25, -0.2) is 4.98 Å². The maximum absolute atomic E-state index is 5.56. The van der Waals surface area contributed by atoms with Gasteiger partial charge in [-0.3, -0.25) is 4.40 Å². The van der Waals surface area contributed by atoms with Crippen LogP contribution >= 0.6 is 0 Å². The molecule has 0 aliphatic heterocycles. The number of hydrogen-bond donors (Lipinski definition) is 1. The Bertz CT molecular complexity index is 534. The molecule has 1 saturated carbocycles. The van der Waals surface area contributed by atoms with Crippen LogP contribution in [0.5, 0.6) is 0 Å². The van der Waals surface area contributed by atoms with Crippen molar-refractivity contribution < 1.29 is 4.74 Å². The van der Waals surface area contributed by atoms with E-state index in [-0.39, 0.29) is 0 Å². The molecule has 1 aliphatic rings. The van der Waals surface area contributed by atoms with Crippen LogP contribution in [0.4, 0.5) is 5.82 Å². The van der Waals surface area contributed by atoms with Crippen molar-refractivity contribution in [3.8, 4) is 0 Å². The van der Waals surface area contributed by atoms with E-state index in [1.165, 1.54) is 12.8 Å². The molecule has 3 rings (SSSR count). The first-order valence-electron chi connectivity index (χ1n) is 6.32. The molecule has 0 spiro atoms. The normalized spacial score (nSPS) is 15.2. The number of hydrogen-bond acceptors (Lipinski definition) is 5. The maximum atomic E-state index is 5.56. The van der Waals surface area contributed by atoms with Gasteiger partial charge in [0.05, 0.1) is 6.61 Å². The van der Waals surface area contributed by atoms with Gasteiger partial charge in [-0.05, 0) is 25.7 Å². The van der Waals surface area contributed by atoms with E-state index in [2.05, 4.69) is 20.5 Å². The molecule has 1 N–H and O–H groups in total. The van der Waals surface area contributed by atoms with Crippen LogP contribution in [0.1, 0.15) is 18.7 Å². The molecule has 2 aromatic heterocycles. The monoisotopic (exact) mass is 247 g/mol. The van der Waals surface area contributed by atoms with Crippen molar-refractivity contribution in [1.82, 2.24) is 19.6 Å². The minimum atomic E-state index is 0.701. The third-order valence-electron chi connectivity index (χ3n) is 3.09. The minimum absolute atomic E-state index is 0.701. The Balaban J connectivity index is 1.56. The molecule has 0 unspecified atom stereocenters. The summed E-state index contributed by atoms with van der Waals surface area (Å²) in [7, 11) is 0. The van der Waals surface area contributed by atoms with Gasteiger partial charge in [-0.2, -0.15) is 0 Å². The fraction of sp³-hybridized carbons (Fsp3) is 0.583. The van der Waals surface area contributed by atoms with Crippen LogP contribution in [-0.4, -0.2) is 39.3 Å². The lowest BCUT2D eigenvalue weighted by atomic mass is 10.5. The van der Waals surface area contributed by atoms with E-state index in [1.807, 2.05) is 17.5 Å². The molecule has 2 heterocycles. The second-order valence-corrected chi connectivity index (χ2v) is 4.66. The summed E-state index contributed by atoms with van der Waals surface area (Å²) in [4.78, 5) is 4.28. The molecule has 1 fully saturated rings. The molecule has 96 valence electrons. The number of ether oxygens (including phenoxy) is 1. The molecule has 6 heteroatoms. The fourth-order valence-corrected chi connectivity index (χ4v) is 1.84. The molecule has 6 nitrogen and oxygen atoms in total. The highest BCUT2D eigenvalue weighted by Crippen LogP contribution is 2.28. The van der Waals surface area contributed by atoms with Crippen LogP contribution in [0.2, 0.25) is 0 Å². The predicted octanol–water partition coefficient (Wildman–Crippen LogP) is 1.27. The van der Waals surface area contributed by atoms with Gasteiger partial charge in [0, 0.05) is 25.5 Å². The summed E-state index contributed by atoms with van der Waals surface area (Å²) in [5.74, 6) is 2.43. The zero-order valence-corrected chi connectivity index (χ0v) is 10.5. The van der Waals surface area contributed by atoms with E-state index in [1.54, 1.807) is 6.20 Å². The lowest BCUT2D eigenvalue weighted by Gasteiger charge is -2.06. The summed E-state index contributed by atoms with van der Waals surface area (Å²) in [6.45, 7) is 4.25. The van der Waals surface area contributed by atoms with Crippen molar-refractivity contribution in [2.75, 3.05) is 25.1 Å². The van der Waals surface area contributed by atoms with E-state index in [0.29, 0.717) is 6.61 Å². The van der Waals surface area contributed by atoms with E-state index >= 15 is 0 Å². The van der Waals surface area contributed by atoms with Crippen molar-refractivity contribution in [2.24, 2.45) is 5.92 Å². The smallest absolute Gasteiger partial charge is 0.203 e. The second-order valence-electron chi connectivity index (χ2n) is 4.66. The van der Waals surface area contributed by atoms with E-state index in [9.17, 15) is 0 Å². The molecule has 2 aromatic rings. The van der Waals surface area contributed by atoms with Crippen molar-refractivity contribution in [3.63, 3.8) is 0 Å². The molecule has 0 atom stereocenters. The Kier molecular flexibility index (Phi) is 3.10. The first-order valence-corrected chi connectivity index (χ1v) is 6.32. The van der Waals surface area contributed by atoms with Gasteiger partial charge in [0.2, 0.25) is 5.65 Å². The number of anilines is 1. The molecule has 1 aliphatic carbocycles. The topological polar surface area (TPSA) is 64.3 Å². The van der Waals surface area contributed by atoms with Crippen molar-refractivity contribution in [1.29, 1.82) is 0 Å². The van der Waals surface area contributed by atoms with Crippen LogP contribution in [-0.2, 0) is 4.74 Å². The van der Waals surface area contributed by atoms with Crippen LogP contribution in [0.15, 0.2) is 12.4 Å². The van der Waals surface area contributed by atoms with Crippen LogP contribution in [0, 0.1) is 12.8 Å². The number of fused-ring (bicyclic) bond motifs is 1. The largest absolute Gasteiger partial charge is 0.379 e. The average Bonchev–Trinajstić information content (AvgIpc) is 3.13. The minimum Gasteiger partial charge on any atom is -0.379 e. The number of nitrogens with one attached hydrogen (secondary N) is 1. The number of nitrogens with zero attached hydrogens (tertiary/aromatic N) is 4. The summed E-state index contributed by atoms with van der Waals surface area (Å²) in [6, 6.07) is 0. The lowest BCUT2D eigenvalue weighted by molar-refractivity contribution is 0.134. The Labute approximate surface area is 105 Å². The molecule has 0 aromatic carbocycles. The Morgan fingerprint density at radius 1 is 1.44 bits per heavy atom. The highest BCUT2D eigenvalue weighted by Gasteiger charge is 2.20. The Hall–Kier alpha value is -1.69. The second kappa shape index (κ2) is 4.89. The highest BCUT2D eigenvalue weighted by atomic mass is 16.5. The Morgan fingerprint density at radius 3 is 3.17 bits per heavy atom. The van der Waals surface area contributed by atoms with Gasteiger partial charge < -0.3 is 10.1 Å². The van der Waals surface area contributed by atoms with Gasteiger partial charge in [0.15, 0.2) is 5.82 Å². The highest BCUT2D eigenvalue weighted by molar-refractivity contribution is 5.61. The average molecular weight is 247 g/mol. The molecule has 0 saturated heterocycles. The SMILES string of the molecule is Cc1nnc2c(NCCOCC3CC3)nccn12. The van der Waals surface area contributed by atoms with Gasteiger partial charge in [0.1, 0.15) is 5.82 Å². The first kappa shape index (κ1) is 11.4. The van der Waals surface area contributed by atoms with Crippen LogP contribution in [0.3, 0.4) is 0 Å². The molecular formula is C12H17N5O. The summed E-state index contributed by atoms with van der Waals surface area (Å²) in [6.07, 6.45) is 6.26. The zero-order valence-electron chi connectivity index (χ0n) is 10.5. The molecule has 18 heavy (non-hydrogen) atoms. The molecule has 0 amide bonds. The molecular weight excluding hydrogens is 230 g/mol. The third kappa shape index (κ3) is 2.43. The van der Waals surface area contributed by atoms with Gasteiger partial charge in [0.25, 0.3) is 0 Å². The maximum Gasteiger partial charge on any atom is 0.203 e. The fourth-order valence-electron chi connectivity index (χ4n) is 1.84. The van der Waals surface area contributed by atoms with Gasteiger partial charge in [-0.1, -0.05) is 0 Å². The van der Waals surface area contributed by atoms with Crippen LogP contribution < -0.4 is 5.32 Å². The predicted molar refractivity (Wildman–Crippen MR) is 67.6 cm³/mol. The number of aromatic nitrogens is 4. The van der Waals surface area contributed by atoms with Crippen LogP contribution in [0.25, 0.3) is 5.65 Å². The summed E-state index contributed by atoms with van der Waals surface area (Å²) in [5, 5.41) is 11.4. The van der Waals surface area contributed by atoms with E-state index in [0.717, 1.165) is 36.4 Å². The Morgan fingerprint density at radius 2 is 2.33 bits per heavy atom. The molecule has 0 bridgehead atoms. The van der Waals surface area contributed by atoms with Gasteiger partial charge in [-0.15, -0.1) is 10.2 Å². The third-order valence-corrected chi connectivity index (χ3v) is 3.09. The summed E-state index contributed by atoms with van der Waals surface area (Å²) in [5.41, 5.74) is 0.761. The van der Waals surface area contributed by atoms with Crippen molar-refractivity contribution in [2.45, 2.75) is 19.8 Å². The summed E-state index contributed by atoms with van der Waals surface area (Å²) >= 11 is 0. The van der Waals surface area contributed by atoms with Crippen molar-refractivity contribution in [3.05, 3.63) is 18.2 Å². The van der Waals surface area contributed by atoms with Crippen molar-refractivity contribution >= 4 is 11.5 Å². The number of aryl methyl sites for hydroxylation is 1. The molecule has 0 radical (unpaired) electrons. The zero-order chi connectivity index (χ0) is 12.4. The summed E-state index contributed by atoms with van der Waals surface area (Å²) < 4.78 is 7.48. The van der Waals surface area contributed by atoms with E-state index < -0.39 is 0 Å². The van der Waals surface area contributed by atoms with Gasteiger partial charge >= 0.3 is 0 Å². The first-order chi connectivity index (χ1) is 8.84. The standard InChI is InChI=1S/C12H17N5O/c1-9-15-16-12-11(13-4-6-17(9)12)14-5-7-18-8-10-2-3-10/h4,6,10H,2-3,5,7-8H2,1H3,(H,13,14). The lowest BCUT2D eigenvalue weighted by Crippen LogP contribution is -2.12. The quantitative estimate of drug-likeness (QED) is 0.779. The van der Waals surface area contributed by atoms with E-state index in [4.69, 9.17) is 4.74 Å².